The van der Waals surface area contributed by atoms with Crippen LogP contribution in [0.25, 0.3) is 11.1 Å². The molecule has 2 aromatic rings. The second kappa shape index (κ2) is 9.36. The van der Waals surface area contributed by atoms with Crippen molar-refractivity contribution in [2.75, 3.05) is 0 Å². The third kappa shape index (κ3) is 4.71. The Morgan fingerprint density at radius 3 is 1.56 bits per heavy atom. The van der Waals surface area contributed by atoms with Crippen molar-refractivity contribution in [3.63, 3.8) is 0 Å². The van der Waals surface area contributed by atoms with Gasteiger partial charge in [-0.05, 0) is 56.5 Å². The first-order valence-electron chi connectivity index (χ1n) is 13.2. The van der Waals surface area contributed by atoms with Crippen molar-refractivity contribution in [3.05, 3.63) is 58.7 Å². The van der Waals surface area contributed by atoms with Crippen LogP contribution in [-0.4, -0.2) is 0 Å². The van der Waals surface area contributed by atoms with Crippen LogP contribution in [-0.2, 0) is 16.2 Å². The lowest BCUT2D eigenvalue weighted by atomic mass is 9.66. The van der Waals surface area contributed by atoms with Crippen molar-refractivity contribution >= 4 is 0 Å². The number of fused-ring (bicyclic) bond motifs is 3. The Morgan fingerprint density at radius 2 is 1.16 bits per heavy atom. The zero-order valence-corrected chi connectivity index (χ0v) is 22.5. The number of unbranched alkanes of at least 4 members (excludes halogenated alkanes) is 4. The molecule has 0 amide bonds. The van der Waals surface area contributed by atoms with Crippen molar-refractivity contribution in [1.29, 1.82) is 0 Å². The molecule has 1 aliphatic carbocycles. The molecule has 0 nitrogen and oxygen atoms in total. The number of benzene rings is 2. The topological polar surface area (TPSA) is 0 Å². The summed E-state index contributed by atoms with van der Waals surface area (Å²) in [5, 5.41) is 0. The van der Waals surface area contributed by atoms with Gasteiger partial charge in [-0.2, -0.15) is 0 Å². The SMILES string of the molecule is CCCCCCCC(CC)C1(C)c2cc(C(C)(C)C)ccc2-c2ccc(C(C)(C)C)cc21. The lowest BCUT2D eigenvalue weighted by molar-refractivity contribution is 0.308. The predicted molar refractivity (Wildman–Crippen MR) is 143 cm³/mol. The molecule has 0 saturated carbocycles. The fourth-order valence-electron chi connectivity index (χ4n) is 5.83. The molecule has 176 valence electrons. The summed E-state index contributed by atoms with van der Waals surface area (Å²) in [7, 11) is 0. The maximum atomic E-state index is 2.57. The summed E-state index contributed by atoms with van der Waals surface area (Å²) < 4.78 is 0. The number of hydrogen-bond donors (Lipinski definition) is 0. The maximum absolute atomic E-state index is 2.57. The van der Waals surface area contributed by atoms with Gasteiger partial charge >= 0.3 is 0 Å². The third-order valence-corrected chi connectivity index (χ3v) is 8.15. The van der Waals surface area contributed by atoms with Gasteiger partial charge in [0.1, 0.15) is 0 Å². The van der Waals surface area contributed by atoms with Gasteiger partial charge in [-0.1, -0.05) is 137 Å². The van der Waals surface area contributed by atoms with Gasteiger partial charge in [0.25, 0.3) is 0 Å². The predicted octanol–water partition coefficient (Wildman–Crippen LogP) is 9.95. The first-order valence-corrected chi connectivity index (χ1v) is 13.2. The smallest absolute Gasteiger partial charge is 0.0215 e. The van der Waals surface area contributed by atoms with Crippen LogP contribution in [0, 0.1) is 5.92 Å². The summed E-state index contributed by atoms with van der Waals surface area (Å²) in [5.74, 6) is 0.676. The summed E-state index contributed by atoms with van der Waals surface area (Å²) in [6.45, 7) is 21.4. The first kappa shape index (κ1) is 25.1. The van der Waals surface area contributed by atoms with Crippen molar-refractivity contribution < 1.29 is 0 Å². The second-order valence-electron chi connectivity index (χ2n) is 12.5. The molecule has 0 heterocycles. The quantitative estimate of drug-likeness (QED) is 0.364. The fourth-order valence-corrected chi connectivity index (χ4v) is 5.83. The minimum Gasteiger partial charge on any atom is -0.0654 e. The molecule has 3 rings (SSSR count). The van der Waals surface area contributed by atoms with Crippen LogP contribution in [0.1, 0.15) is 130 Å². The average molecular weight is 433 g/mol. The van der Waals surface area contributed by atoms with Crippen molar-refractivity contribution in [2.24, 2.45) is 5.92 Å². The van der Waals surface area contributed by atoms with Gasteiger partial charge in [0.2, 0.25) is 0 Å². The van der Waals surface area contributed by atoms with Crippen LogP contribution in [0.5, 0.6) is 0 Å². The standard InChI is InChI=1S/C32H48/c1-10-12-13-14-15-16-23(11-2)32(9)28-21-24(30(3,4)5)17-19-26(28)27-20-18-25(22-29(27)32)31(6,7)8/h17-23H,10-16H2,1-9H3. The highest BCUT2D eigenvalue weighted by Crippen LogP contribution is 2.55. The van der Waals surface area contributed by atoms with Crippen molar-refractivity contribution in [2.45, 2.75) is 124 Å². The van der Waals surface area contributed by atoms with E-state index < -0.39 is 0 Å². The van der Waals surface area contributed by atoms with Gasteiger partial charge in [0.15, 0.2) is 0 Å². The highest BCUT2D eigenvalue weighted by atomic mass is 14.5. The molecule has 0 N–H and O–H groups in total. The molecule has 0 saturated heterocycles. The molecule has 32 heavy (non-hydrogen) atoms. The van der Waals surface area contributed by atoms with E-state index in [0.29, 0.717) is 5.92 Å². The second-order valence-corrected chi connectivity index (χ2v) is 12.5. The zero-order valence-electron chi connectivity index (χ0n) is 22.5. The lowest BCUT2D eigenvalue weighted by Gasteiger charge is -2.38. The van der Waals surface area contributed by atoms with E-state index in [2.05, 4.69) is 98.7 Å². The van der Waals surface area contributed by atoms with Gasteiger partial charge in [-0.25, -0.2) is 0 Å². The monoisotopic (exact) mass is 432 g/mol. The van der Waals surface area contributed by atoms with Crippen LogP contribution >= 0.6 is 0 Å². The maximum Gasteiger partial charge on any atom is 0.0215 e. The van der Waals surface area contributed by atoms with Crippen molar-refractivity contribution in [1.82, 2.24) is 0 Å². The first-order chi connectivity index (χ1) is 14.9. The molecular formula is C32H48. The Balaban J connectivity index is 2.12. The number of rotatable bonds is 8. The Labute approximate surface area is 199 Å². The minimum atomic E-state index is 0.0900. The third-order valence-electron chi connectivity index (χ3n) is 8.15. The van der Waals surface area contributed by atoms with Gasteiger partial charge in [-0.3, -0.25) is 0 Å². The Kier molecular flexibility index (Phi) is 7.33. The minimum absolute atomic E-state index is 0.0900. The molecule has 1 aliphatic rings. The fraction of sp³-hybridized carbons (Fsp3) is 0.625. The largest absolute Gasteiger partial charge is 0.0654 e. The zero-order chi connectivity index (χ0) is 23.7. The van der Waals surface area contributed by atoms with Crippen LogP contribution in [0.4, 0.5) is 0 Å². The van der Waals surface area contributed by atoms with Gasteiger partial charge in [0, 0.05) is 5.41 Å². The van der Waals surface area contributed by atoms with E-state index in [1.807, 2.05) is 0 Å². The van der Waals surface area contributed by atoms with Crippen LogP contribution in [0.2, 0.25) is 0 Å². The highest BCUT2D eigenvalue weighted by Gasteiger charge is 2.45. The molecule has 0 fully saturated rings. The summed E-state index contributed by atoms with van der Waals surface area (Å²) in [6, 6.07) is 14.7. The van der Waals surface area contributed by atoms with Crippen molar-refractivity contribution in [3.8, 4) is 11.1 Å². The van der Waals surface area contributed by atoms with E-state index in [1.54, 1.807) is 11.1 Å². The molecule has 0 aliphatic heterocycles. The molecule has 0 aromatic heterocycles. The van der Waals surface area contributed by atoms with E-state index in [4.69, 9.17) is 0 Å². The Morgan fingerprint density at radius 1 is 0.688 bits per heavy atom. The normalized spacial score (nSPS) is 16.0. The van der Waals surface area contributed by atoms with E-state index in [9.17, 15) is 0 Å². The van der Waals surface area contributed by atoms with Gasteiger partial charge < -0.3 is 0 Å². The van der Waals surface area contributed by atoms with Crippen LogP contribution in [0.3, 0.4) is 0 Å². The van der Waals surface area contributed by atoms with E-state index >= 15 is 0 Å². The van der Waals surface area contributed by atoms with E-state index in [1.165, 1.54) is 67.2 Å². The molecule has 0 bridgehead atoms. The number of hydrogen-bond acceptors (Lipinski definition) is 0. The molecule has 0 spiro atoms. The lowest BCUT2D eigenvalue weighted by Crippen LogP contribution is -2.32. The summed E-state index contributed by atoms with van der Waals surface area (Å²) in [6.07, 6.45) is 9.39. The van der Waals surface area contributed by atoms with Gasteiger partial charge in [-0.15, -0.1) is 0 Å². The molecule has 1 unspecified atom stereocenters. The summed E-state index contributed by atoms with van der Waals surface area (Å²) >= 11 is 0. The van der Waals surface area contributed by atoms with Crippen LogP contribution in [0.15, 0.2) is 36.4 Å². The molecular weight excluding hydrogens is 384 g/mol. The van der Waals surface area contributed by atoms with Crippen LogP contribution < -0.4 is 0 Å². The Hall–Kier alpha value is -1.56. The van der Waals surface area contributed by atoms with E-state index in [0.717, 1.165) is 0 Å². The molecule has 0 heteroatoms. The highest BCUT2D eigenvalue weighted by molar-refractivity contribution is 5.82. The van der Waals surface area contributed by atoms with Gasteiger partial charge in [0.05, 0.1) is 0 Å². The molecule has 0 radical (unpaired) electrons. The molecule has 2 aromatic carbocycles. The van der Waals surface area contributed by atoms with E-state index in [-0.39, 0.29) is 16.2 Å². The average Bonchev–Trinajstić information content (AvgIpc) is 2.98. The molecule has 1 atom stereocenters. The summed E-state index contributed by atoms with van der Waals surface area (Å²) in [4.78, 5) is 0. The Bertz CT molecular complexity index is 853. The summed E-state index contributed by atoms with van der Waals surface area (Å²) in [5.41, 5.74) is 9.45.